The lowest BCUT2D eigenvalue weighted by Crippen LogP contribution is -2.52. The summed E-state index contributed by atoms with van der Waals surface area (Å²) in [5.74, 6) is -0.447. The molecule has 198 valence electrons. The Balaban J connectivity index is 1.68. The number of hydrogen-bond donors (Lipinski definition) is 0. The van der Waals surface area contributed by atoms with E-state index in [1.165, 1.54) is 30.6 Å². The molecule has 0 saturated heterocycles. The summed E-state index contributed by atoms with van der Waals surface area (Å²) < 4.78 is 6.03. The maximum absolute atomic E-state index is 13.9. The summed E-state index contributed by atoms with van der Waals surface area (Å²) in [6.07, 6.45) is 0.244. The quantitative estimate of drug-likeness (QED) is 0.182. The number of carbonyl (C=O) groups excluding carboxylic acids is 2. The average Bonchev–Trinajstić information content (AvgIpc) is 3.35. The number of aryl methyl sites for hydroxylation is 2. The molecule has 2 aliphatic heterocycles. The third kappa shape index (κ3) is 4.99. The van der Waals surface area contributed by atoms with Gasteiger partial charge in [-0.3, -0.25) is 9.69 Å². The first-order valence-electron chi connectivity index (χ1n) is 12.6. The third-order valence-electron chi connectivity index (χ3n) is 7.19. The second-order valence-corrected chi connectivity index (χ2v) is 12.8. The van der Waals surface area contributed by atoms with Gasteiger partial charge >= 0.3 is 5.97 Å². The van der Waals surface area contributed by atoms with Gasteiger partial charge in [-0.25, -0.2) is 4.79 Å². The zero-order valence-electron chi connectivity index (χ0n) is 22.5. The summed E-state index contributed by atoms with van der Waals surface area (Å²) in [6.45, 7) is 8.29. The molecule has 0 spiro atoms. The molecule has 0 radical (unpaired) electrons. The van der Waals surface area contributed by atoms with Crippen molar-refractivity contribution in [1.82, 2.24) is 4.90 Å². The van der Waals surface area contributed by atoms with Crippen LogP contribution in [0.15, 0.2) is 81.9 Å². The number of esters is 1. The molecule has 0 bridgehead atoms. The lowest BCUT2D eigenvalue weighted by molar-refractivity contribution is -0.135. The molecule has 2 heterocycles. The van der Waals surface area contributed by atoms with E-state index in [1.807, 2.05) is 60.7 Å². The molecule has 0 N–H and O–H groups in total. The topological polar surface area (TPSA) is 46.6 Å². The minimum atomic E-state index is -0.657. The van der Waals surface area contributed by atoms with Crippen LogP contribution >= 0.6 is 35.7 Å². The Morgan fingerprint density at radius 3 is 2.18 bits per heavy atom. The highest BCUT2D eigenvalue weighted by atomic mass is 32.2. The zero-order chi connectivity index (χ0) is 27.9. The van der Waals surface area contributed by atoms with Gasteiger partial charge < -0.3 is 4.74 Å². The first kappa shape index (κ1) is 27.4. The lowest BCUT2D eigenvalue weighted by Gasteiger charge is -2.45. The predicted molar refractivity (Wildman–Crippen MR) is 166 cm³/mol. The molecule has 5 rings (SSSR count). The summed E-state index contributed by atoms with van der Waals surface area (Å²) in [7, 11) is 1.40. The van der Waals surface area contributed by atoms with Gasteiger partial charge in [-0.15, -0.1) is 0 Å². The molecule has 0 fully saturated rings. The van der Waals surface area contributed by atoms with Crippen molar-refractivity contribution in [3.63, 3.8) is 0 Å². The molecule has 0 saturated carbocycles. The van der Waals surface area contributed by atoms with E-state index in [9.17, 15) is 9.59 Å². The van der Waals surface area contributed by atoms with Gasteiger partial charge in [0, 0.05) is 10.5 Å². The summed E-state index contributed by atoms with van der Waals surface area (Å²) in [4.78, 5) is 30.4. The van der Waals surface area contributed by atoms with E-state index in [-0.39, 0.29) is 18.3 Å². The van der Waals surface area contributed by atoms with Crippen molar-refractivity contribution < 1.29 is 14.3 Å². The largest absolute Gasteiger partial charge is 0.465 e. The Kier molecular flexibility index (Phi) is 7.60. The number of thioether (sulfide) groups is 2. The van der Waals surface area contributed by atoms with Gasteiger partial charge in [-0.05, 0) is 61.1 Å². The second-order valence-electron chi connectivity index (χ2n) is 10.1. The maximum atomic E-state index is 13.9. The van der Waals surface area contributed by atoms with E-state index < -0.39 is 5.54 Å². The summed E-state index contributed by atoms with van der Waals surface area (Å²) in [5, 5.41) is 0. The minimum Gasteiger partial charge on any atom is -0.465 e. The van der Waals surface area contributed by atoms with Crippen molar-refractivity contribution in [3.05, 3.63) is 115 Å². The molecule has 0 aromatic heterocycles. The molecule has 4 nitrogen and oxygen atoms in total. The smallest absolute Gasteiger partial charge is 0.345 e. The molecular weight excluding hydrogens is 543 g/mol. The summed E-state index contributed by atoms with van der Waals surface area (Å²) in [6, 6.07) is 23.9. The van der Waals surface area contributed by atoms with Crippen molar-refractivity contribution in [2.45, 2.75) is 39.7 Å². The van der Waals surface area contributed by atoms with Crippen molar-refractivity contribution in [2.75, 3.05) is 7.11 Å². The van der Waals surface area contributed by atoms with Gasteiger partial charge in [0.05, 0.1) is 23.3 Å². The third-order valence-corrected chi connectivity index (χ3v) is 10.2. The molecule has 3 aromatic rings. The van der Waals surface area contributed by atoms with Gasteiger partial charge in [-0.2, -0.15) is 0 Å². The number of hydrogen-bond acceptors (Lipinski definition) is 6. The highest BCUT2D eigenvalue weighted by molar-refractivity contribution is 8.32. The Hall–Kier alpha value is -3.13. The molecule has 39 heavy (non-hydrogen) atoms. The number of rotatable bonds is 4. The van der Waals surface area contributed by atoms with Gasteiger partial charge in [0.15, 0.2) is 0 Å². The van der Waals surface area contributed by atoms with Crippen LogP contribution in [-0.2, 0) is 26.3 Å². The van der Waals surface area contributed by atoms with Crippen molar-refractivity contribution in [1.29, 1.82) is 0 Å². The second kappa shape index (κ2) is 10.8. The fraction of sp³-hybridized carbons (Fsp3) is 0.219. The van der Waals surface area contributed by atoms with Crippen LogP contribution in [0, 0.1) is 13.8 Å². The number of nitrogens with zero attached hydrogens (tertiary/aromatic N) is 1. The van der Waals surface area contributed by atoms with E-state index in [0.717, 1.165) is 48.1 Å². The molecular formula is C32H29NO3S3. The highest BCUT2D eigenvalue weighted by Gasteiger charge is 2.45. The molecule has 3 aromatic carbocycles. The highest BCUT2D eigenvalue weighted by Crippen LogP contribution is 2.58. The number of amides is 1. The van der Waals surface area contributed by atoms with Crippen LogP contribution in [0.5, 0.6) is 0 Å². The first-order valence-corrected chi connectivity index (χ1v) is 14.7. The van der Waals surface area contributed by atoms with E-state index >= 15 is 0 Å². The first-order chi connectivity index (χ1) is 18.6. The number of fused-ring (bicyclic) bond motifs is 1. The van der Waals surface area contributed by atoms with Gasteiger partial charge in [0.25, 0.3) is 0 Å². The van der Waals surface area contributed by atoms with Crippen molar-refractivity contribution in [2.24, 2.45) is 0 Å². The zero-order valence-corrected chi connectivity index (χ0v) is 25.0. The number of carbonyl (C=O) groups is 2. The van der Waals surface area contributed by atoms with Crippen LogP contribution in [0.3, 0.4) is 0 Å². The van der Waals surface area contributed by atoms with Gasteiger partial charge in [0.1, 0.15) is 9.89 Å². The van der Waals surface area contributed by atoms with E-state index in [0.29, 0.717) is 9.89 Å². The lowest BCUT2D eigenvalue weighted by atomic mass is 9.79. The van der Waals surface area contributed by atoms with E-state index in [1.54, 1.807) is 4.90 Å². The van der Waals surface area contributed by atoms with Crippen LogP contribution < -0.4 is 0 Å². The number of ether oxygens (including phenoxy) is 1. The minimum absolute atomic E-state index is 0.0596. The molecule has 1 amide bonds. The number of benzene rings is 3. The average molecular weight is 572 g/mol. The monoisotopic (exact) mass is 571 g/mol. The Bertz CT molecular complexity index is 1560. The van der Waals surface area contributed by atoms with Crippen LogP contribution in [0.25, 0.3) is 10.5 Å². The van der Waals surface area contributed by atoms with Gasteiger partial charge in [-0.1, -0.05) is 109 Å². The normalized spacial score (nSPS) is 18.3. The van der Waals surface area contributed by atoms with Crippen LogP contribution in [0.2, 0.25) is 0 Å². The SMILES string of the molecule is COC(=O)C1=C(c2ccccc2)SC(=C2C(=S)N(C(=O)Cc3ccccc3)C(C)(C)c3cc(C)c(C)cc32)S1. The molecule has 0 unspecified atom stereocenters. The van der Waals surface area contributed by atoms with E-state index in [2.05, 4.69) is 39.8 Å². The van der Waals surface area contributed by atoms with E-state index in [4.69, 9.17) is 17.0 Å². The molecule has 7 heteroatoms. The van der Waals surface area contributed by atoms with Crippen LogP contribution in [0.1, 0.15) is 47.2 Å². The summed E-state index contributed by atoms with van der Waals surface area (Å²) in [5.41, 5.74) is 6.37. The van der Waals surface area contributed by atoms with Gasteiger partial charge in [0.2, 0.25) is 5.91 Å². The fourth-order valence-electron chi connectivity index (χ4n) is 5.01. The fourth-order valence-corrected chi connectivity index (χ4v) is 8.39. The molecule has 2 aliphatic rings. The van der Waals surface area contributed by atoms with Crippen LogP contribution in [-0.4, -0.2) is 28.9 Å². The van der Waals surface area contributed by atoms with Crippen molar-refractivity contribution in [3.8, 4) is 0 Å². The molecule has 0 atom stereocenters. The Morgan fingerprint density at radius 1 is 0.923 bits per heavy atom. The standard InChI is InChI=1S/C32H29NO3S3/c1-19-16-23-24(17-20(19)2)32(3,4)33(25(34)18-21-12-8-6-9-13-21)29(37)26(23)31-38-27(22-14-10-7-11-15-22)28(39-31)30(35)36-5/h6-17H,18H2,1-5H3. The maximum Gasteiger partial charge on any atom is 0.345 e. The Labute approximate surface area is 243 Å². The number of thiocarbonyl (C=S) groups is 1. The Morgan fingerprint density at radius 2 is 1.54 bits per heavy atom. The summed E-state index contributed by atoms with van der Waals surface area (Å²) >= 11 is 9.04. The molecule has 0 aliphatic carbocycles. The predicted octanol–water partition coefficient (Wildman–Crippen LogP) is 7.64. The number of methoxy groups -OCH3 is 1. The van der Waals surface area contributed by atoms with Crippen molar-refractivity contribution >= 4 is 63.1 Å². The van der Waals surface area contributed by atoms with Crippen LogP contribution in [0.4, 0.5) is 0 Å².